The third kappa shape index (κ3) is 3.63. The van der Waals surface area contributed by atoms with E-state index < -0.39 is 17.9 Å². The average molecular weight is 289 g/mol. The van der Waals surface area contributed by atoms with Crippen molar-refractivity contribution < 1.29 is 14.7 Å². The van der Waals surface area contributed by atoms with E-state index in [0.717, 1.165) is 0 Å². The number of carbonyl (C=O) groups is 2. The van der Waals surface area contributed by atoms with Crippen LogP contribution in [0.3, 0.4) is 0 Å². The van der Waals surface area contributed by atoms with Crippen LogP contribution in [0.1, 0.15) is 22.1 Å². The maximum Gasteiger partial charge on any atom is 0.330 e. The highest BCUT2D eigenvalue weighted by Gasteiger charge is 2.23. The number of nitrogens with one attached hydrogen (secondary N) is 1. The summed E-state index contributed by atoms with van der Waals surface area (Å²) in [5, 5.41) is 19.1. The van der Waals surface area contributed by atoms with Crippen LogP contribution in [-0.4, -0.2) is 38.5 Å². The number of hydrogen-bond donors (Lipinski definition) is 3. The molecule has 0 unspecified atom stereocenters. The van der Waals surface area contributed by atoms with E-state index in [2.05, 4.69) is 15.6 Å². The van der Waals surface area contributed by atoms with Crippen LogP contribution in [0.15, 0.2) is 36.5 Å². The van der Waals surface area contributed by atoms with Gasteiger partial charge in [-0.05, 0) is 5.56 Å². The summed E-state index contributed by atoms with van der Waals surface area (Å²) in [4.78, 5) is 23.3. The minimum atomic E-state index is -1.15. The highest BCUT2D eigenvalue weighted by atomic mass is 16.4. The Morgan fingerprint density at radius 1 is 1.33 bits per heavy atom. The topological polar surface area (TPSA) is 123 Å². The van der Waals surface area contributed by atoms with Gasteiger partial charge in [0.2, 0.25) is 0 Å². The number of hydrogen-bond acceptors (Lipinski definition) is 5. The standard InChI is InChI=1S/C13H15N5O3/c14-6-7-18-8-10(16-17-18)12(19)15-11(13(20)21)9-4-2-1-3-5-9/h1-5,8,11H,6-7,14H2,(H,15,19)(H,20,21)/t11-/m0/s1. The van der Waals surface area contributed by atoms with Crippen LogP contribution in [0.5, 0.6) is 0 Å². The largest absolute Gasteiger partial charge is 0.479 e. The predicted molar refractivity (Wildman–Crippen MR) is 73.4 cm³/mol. The smallest absolute Gasteiger partial charge is 0.330 e. The first-order chi connectivity index (χ1) is 10.1. The number of rotatable bonds is 6. The summed E-state index contributed by atoms with van der Waals surface area (Å²) in [6.45, 7) is 0.799. The Bertz CT molecular complexity index is 626. The lowest BCUT2D eigenvalue weighted by Gasteiger charge is -2.13. The number of aliphatic carboxylic acids is 1. The van der Waals surface area contributed by atoms with E-state index in [9.17, 15) is 14.7 Å². The Morgan fingerprint density at radius 2 is 2.05 bits per heavy atom. The summed E-state index contributed by atoms with van der Waals surface area (Å²) in [6.07, 6.45) is 1.42. The molecule has 0 fully saturated rings. The second-order valence-corrected chi connectivity index (χ2v) is 4.31. The fraction of sp³-hybridized carbons (Fsp3) is 0.231. The number of carboxylic acids is 1. The van der Waals surface area contributed by atoms with Gasteiger partial charge in [0.05, 0.1) is 12.7 Å². The van der Waals surface area contributed by atoms with Gasteiger partial charge >= 0.3 is 5.97 Å². The number of nitrogens with two attached hydrogens (primary N) is 1. The minimum absolute atomic E-state index is 0.0469. The quantitative estimate of drug-likeness (QED) is 0.676. The lowest BCUT2D eigenvalue weighted by atomic mass is 10.1. The van der Waals surface area contributed by atoms with Crippen LogP contribution in [0.25, 0.3) is 0 Å². The van der Waals surface area contributed by atoms with Crippen molar-refractivity contribution in [3.05, 3.63) is 47.8 Å². The Morgan fingerprint density at radius 3 is 2.67 bits per heavy atom. The molecule has 1 heterocycles. The molecule has 110 valence electrons. The summed E-state index contributed by atoms with van der Waals surface area (Å²) in [5.74, 6) is -1.75. The number of aromatic nitrogens is 3. The third-order valence-electron chi connectivity index (χ3n) is 2.78. The van der Waals surface area contributed by atoms with Gasteiger partial charge in [0, 0.05) is 6.54 Å². The van der Waals surface area contributed by atoms with Crippen LogP contribution in [0, 0.1) is 0 Å². The van der Waals surface area contributed by atoms with Crippen molar-refractivity contribution in [2.75, 3.05) is 6.54 Å². The van der Waals surface area contributed by atoms with Crippen molar-refractivity contribution >= 4 is 11.9 Å². The summed E-state index contributed by atoms with van der Waals surface area (Å²) in [7, 11) is 0. The second kappa shape index (κ2) is 6.62. The molecule has 21 heavy (non-hydrogen) atoms. The summed E-state index contributed by atoms with van der Waals surface area (Å²) < 4.78 is 1.42. The second-order valence-electron chi connectivity index (χ2n) is 4.31. The highest BCUT2D eigenvalue weighted by Crippen LogP contribution is 2.13. The zero-order valence-corrected chi connectivity index (χ0v) is 11.1. The van der Waals surface area contributed by atoms with Crippen molar-refractivity contribution in [1.29, 1.82) is 0 Å². The number of nitrogens with zero attached hydrogens (tertiary/aromatic N) is 3. The molecule has 1 atom stereocenters. The van der Waals surface area contributed by atoms with Crippen molar-refractivity contribution in [1.82, 2.24) is 20.3 Å². The van der Waals surface area contributed by atoms with Crippen LogP contribution >= 0.6 is 0 Å². The normalized spacial score (nSPS) is 11.9. The number of carboxylic acid groups (broad SMARTS) is 1. The summed E-state index contributed by atoms with van der Waals surface area (Å²) in [5.41, 5.74) is 5.90. The van der Waals surface area contributed by atoms with Gasteiger partial charge in [0.25, 0.3) is 5.91 Å². The molecule has 1 amide bonds. The van der Waals surface area contributed by atoms with Gasteiger partial charge < -0.3 is 16.2 Å². The van der Waals surface area contributed by atoms with Crippen molar-refractivity contribution in [3.8, 4) is 0 Å². The SMILES string of the molecule is NCCn1cc(C(=O)N[C@H](C(=O)O)c2ccccc2)nn1. The maximum atomic E-state index is 12.0. The number of amides is 1. The first-order valence-corrected chi connectivity index (χ1v) is 6.30. The molecule has 0 aliphatic rings. The van der Waals surface area contributed by atoms with Gasteiger partial charge in [-0.15, -0.1) is 5.10 Å². The molecule has 0 radical (unpaired) electrons. The molecule has 4 N–H and O–H groups in total. The fourth-order valence-electron chi connectivity index (χ4n) is 1.78. The van der Waals surface area contributed by atoms with E-state index >= 15 is 0 Å². The number of benzene rings is 1. The lowest BCUT2D eigenvalue weighted by molar-refractivity contribution is -0.139. The van der Waals surface area contributed by atoms with Gasteiger partial charge in [-0.25, -0.2) is 4.79 Å². The molecule has 1 aromatic heterocycles. The van der Waals surface area contributed by atoms with E-state index in [1.165, 1.54) is 10.9 Å². The molecule has 0 bridgehead atoms. The molecule has 8 nitrogen and oxygen atoms in total. The van der Waals surface area contributed by atoms with Gasteiger partial charge in [-0.3, -0.25) is 9.48 Å². The maximum absolute atomic E-state index is 12.0. The molecule has 0 aliphatic carbocycles. The zero-order chi connectivity index (χ0) is 15.2. The molecular weight excluding hydrogens is 274 g/mol. The minimum Gasteiger partial charge on any atom is -0.479 e. The molecule has 0 spiro atoms. The molecule has 0 saturated carbocycles. The van der Waals surface area contributed by atoms with Crippen molar-refractivity contribution in [3.63, 3.8) is 0 Å². The summed E-state index contributed by atoms with van der Waals surface area (Å²) >= 11 is 0. The monoisotopic (exact) mass is 289 g/mol. The van der Waals surface area contributed by atoms with Crippen LogP contribution < -0.4 is 11.1 Å². The average Bonchev–Trinajstić information content (AvgIpc) is 2.94. The molecule has 2 rings (SSSR count). The third-order valence-corrected chi connectivity index (χ3v) is 2.78. The highest BCUT2D eigenvalue weighted by molar-refractivity contribution is 5.94. The van der Waals surface area contributed by atoms with E-state index in [-0.39, 0.29) is 5.69 Å². The predicted octanol–water partition coefficient (Wildman–Crippen LogP) is -0.207. The van der Waals surface area contributed by atoms with Gasteiger partial charge in [-0.2, -0.15) is 0 Å². The van der Waals surface area contributed by atoms with Gasteiger partial charge in [-0.1, -0.05) is 35.5 Å². The van der Waals surface area contributed by atoms with E-state index in [4.69, 9.17) is 5.73 Å². The van der Waals surface area contributed by atoms with Gasteiger partial charge in [0.1, 0.15) is 0 Å². The first-order valence-electron chi connectivity index (χ1n) is 6.30. The van der Waals surface area contributed by atoms with E-state index in [1.807, 2.05) is 0 Å². The van der Waals surface area contributed by atoms with Crippen LogP contribution in [0.2, 0.25) is 0 Å². The Kier molecular flexibility index (Phi) is 4.62. The molecule has 0 aliphatic heterocycles. The summed E-state index contributed by atoms with van der Waals surface area (Å²) in [6, 6.07) is 7.29. The first kappa shape index (κ1) is 14.7. The Labute approximate surface area is 120 Å². The lowest BCUT2D eigenvalue weighted by Crippen LogP contribution is -2.34. The molecule has 8 heteroatoms. The molecule has 2 aromatic rings. The molecular formula is C13H15N5O3. The Hall–Kier alpha value is -2.74. The van der Waals surface area contributed by atoms with E-state index in [1.54, 1.807) is 30.3 Å². The zero-order valence-electron chi connectivity index (χ0n) is 11.1. The van der Waals surface area contributed by atoms with Crippen LogP contribution in [-0.2, 0) is 11.3 Å². The van der Waals surface area contributed by atoms with E-state index in [0.29, 0.717) is 18.7 Å². The van der Waals surface area contributed by atoms with Crippen molar-refractivity contribution in [2.24, 2.45) is 5.73 Å². The van der Waals surface area contributed by atoms with Gasteiger partial charge in [0.15, 0.2) is 11.7 Å². The molecule has 1 aromatic carbocycles. The Balaban J connectivity index is 2.13. The van der Waals surface area contributed by atoms with Crippen LogP contribution in [0.4, 0.5) is 0 Å². The molecule has 0 saturated heterocycles. The van der Waals surface area contributed by atoms with Crippen molar-refractivity contribution in [2.45, 2.75) is 12.6 Å². The number of carbonyl (C=O) groups excluding carboxylic acids is 1. The fourth-order valence-corrected chi connectivity index (χ4v) is 1.78.